The summed E-state index contributed by atoms with van der Waals surface area (Å²) in [6, 6.07) is 1.37. The monoisotopic (exact) mass is 250 g/mol. The number of aromatic nitrogens is 4. The summed E-state index contributed by atoms with van der Waals surface area (Å²) in [5.41, 5.74) is 5.67. The van der Waals surface area contributed by atoms with E-state index in [2.05, 4.69) is 25.5 Å². The molecule has 0 unspecified atom stereocenters. The summed E-state index contributed by atoms with van der Waals surface area (Å²) in [5, 5.41) is 9.82. The Morgan fingerprint density at radius 1 is 1.35 bits per heavy atom. The lowest BCUT2D eigenvalue weighted by Crippen LogP contribution is -2.15. The standard InChI is InChI=1S/C9H7ClN6O/c10-6-4-13-7(11)3-5(6)8(17)15-9-12-1-2-14-16-9/h1-4H,(H2,11,13)(H,12,15,16,17). The average molecular weight is 251 g/mol. The lowest BCUT2D eigenvalue weighted by molar-refractivity contribution is 0.102. The normalized spacial score (nSPS) is 9.94. The van der Waals surface area contributed by atoms with Gasteiger partial charge in [0.15, 0.2) is 0 Å². The van der Waals surface area contributed by atoms with Crippen molar-refractivity contribution in [3.63, 3.8) is 0 Å². The summed E-state index contributed by atoms with van der Waals surface area (Å²) in [5.74, 6) is -0.187. The van der Waals surface area contributed by atoms with E-state index in [1.54, 1.807) is 0 Å². The van der Waals surface area contributed by atoms with Crippen LogP contribution >= 0.6 is 11.6 Å². The number of hydrogen-bond donors (Lipinski definition) is 2. The number of carbonyl (C=O) groups is 1. The Hall–Kier alpha value is -2.28. The molecule has 0 saturated carbocycles. The topological polar surface area (TPSA) is 107 Å². The van der Waals surface area contributed by atoms with Gasteiger partial charge in [-0.1, -0.05) is 11.6 Å². The number of nitrogen functional groups attached to an aromatic ring is 1. The molecule has 0 fully saturated rings. The van der Waals surface area contributed by atoms with Gasteiger partial charge in [-0.05, 0) is 6.07 Å². The molecule has 0 aliphatic heterocycles. The quantitative estimate of drug-likeness (QED) is 0.815. The van der Waals surface area contributed by atoms with Gasteiger partial charge in [0.05, 0.1) is 23.0 Å². The van der Waals surface area contributed by atoms with Crippen LogP contribution in [-0.4, -0.2) is 26.1 Å². The predicted octanol–water partition coefficient (Wildman–Crippen LogP) is 0.754. The van der Waals surface area contributed by atoms with Crippen molar-refractivity contribution in [2.75, 3.05) is 11.1 Å². The van der Waals surface area contributed by atoms with E-state index in [4.69, 9.17) is 17.3 Å². The third-order valence-electron chi connectivity index (χ3n) is 1.83. The van der Waals surface area contributed by atoms with E-state index in [9.17, 15) is 4.79 Å². The Bertz CT molecular complexity index is 546. The number of nitrogens with one attached hydrogen (secondary N) is 1. The minimum Gasteiger partial charge on any atom is -0.384 e. The Morgan fingerprint density at radius 2 is 2.18 bits per heavy atom. The van der Waals surface area contributed by atoms with Gasteiger partial charge >= 0.3 is 0 Å². The van der Waals surface area contributed by atoms with Crippen molar-refractivity contribution in [3.05, 3.63) is 35.2 Å². The molecule has 1 amide bonds. The van der Waals surface area contributed by atoms with Crippen molar-refractivity contribution in [3.8, 4) is 0 Å². The first-order valence-corrected chi connectivity index (χ1v) is 4.90. The highest BCUT2D eigenvalue weighted by Crippen LogP contribution is 2.17. The Kier molecular flexibility index (Phi) is 3.10. The van der Waals surface area contributed by atoms with Gasteiger partial charge in [0.2, 0.25) is 5.95 Å². The fourth-order valence-electron chi connectivity index (χ4n) is 1.10. The molecule has 0 saturated heterocycles. The first-order chi connectivity index (χ1) is 8.16. The van der Waals surface area contributed by atoms with Gasteiger partial charge in [0.25, 0.3) is 5.91 Å². The van der Waals surface area contributed by atoms with E-state index in [0.29, 0.717) is 0 Å². The maximum atomic E-state index is 11.8. The van der Waals surface area contributed by atoms with Gasteiger partial charge in [-0.3, -0.25) is 10.1 Å². The van der Waals surface area contributed by atoms with Crippen LogP contribution in [0.1, 0.15) is 10.4 Å². The van der Waals surface area contributed by atoms with Crippen LogP contribution in [0, 0.1) is 0 Å². The van der Waals surface area contributed by atoms with Crippen molar-refractivity contribution in [2.45, 2.75) is 0 Å². The van der Waals surface area contributed by atoms with E-state index in [-0.39, 0.29) is 22.4 Å². The molecule has 17 heavy (non-hydrogen) atoms. The molecule has 2 heterocycles. The minimum atomic E-state index is -0.475. The Labute approximate surface area is 101 Å². The molecule has 7 nitrogen and oxygen atoms in total. The molecule has 2 rings (SSSR count). The molecule has 0 spiro atoms. The minimum absolute atomic E-state index is 0.0870. The van der Waals surface area contributed by atoms with Crippen LogP contribution in [0.25, 0.3) is 0 Å². The molecule has 86 valence electrons. The van der Waals surface area contributed by atoms with Gasteiger partial charge < -0.3 is 5.73 Å². The number of hydrogen-bond acceptors (Lipinski definition) is 6. The molecule has 0 bridgehead atoms. The van der Waals surface area contributed by atoms with E-state index >= 15 is 0 Å². The number of pyridine rings is 1. The molecular formula is C9H7ClN6O. The number of anilines is 2. The fourth-order valence-corrected chi connectivity index (χ4v) is 1.29. The molecule has 2 aromatic rings. The second-order valence-corrected chi connectivity index (χ2v) is 3.42. The van der Waals surface area contributed by atoms with E-state index in [1.807, 2.05) is 0 Å². The van der Waals surface area contributed by atoms with E-state index in [1.165, 1.54) is 24.7 Å². The second-order valence-electron chi connectivity index (χ2n) is 3.01. The van der Waals surface area contributed by atoms with Gasteiger partial charge in [-0.25, -0.2) is 9.97 Å². The molecule has 2 aromatic heterocycles. The predicted molar refractivity (Wildman–Crippen MR) is 61.4 cm³/mol. The molecular weight excluding hydrogens is 244 g/mol. The summed E-state index contributed by atoms with van der Waals surface area (Å²) in [4.78, 5) is 19.4. The first kappa shape index (κ1) is 11.2. The summed E-state index contributed by atoms with van der Waals surface area (Å²) in [6.45, 7) is 0. The van der Waals surface area contributed by atoms with Crippen molar-refractivity contribution in [2.24, 2.45) is 0 Å². The van der Waals surface area contributed by atoms with E-state index in [0.717, 1.165) is 0 Å². The Balaban J connectivity index is 2.23. The average Bonchev–Trinajstić information content (AvgIpc) is 2.33. The zero-order valence-corrected chi connectivity index (χ0v) is 9.22. The summed E-state index contributed by atoms with van der Waals surface area (Å²) in [7, 11) is 0. The lowest BCUT2D eigenvalue weighted by atomic mass is 10.2. The number of amides is 1. The smallest absolute Gasteiger partial charge is 0.259 e. The molecule has 0 aromatic carbocycles. The van der Waals surface area contributed by atoms with E-state index < -0.39 is 5.91 Å². The van der Waals surface area contributed by atoms with Crippen LogP contribution in [0.5, 0.6) is 0 Å². The number of nitrogens with zero attached hydrogens (tertiary/aromatic N) is 4. The highest BCUT2D eigenvalue weighted by atomic mass is 35.5. The SMILES string of the molecule is Nc1cc(C(=O)Nc2nccnn2)c(Cl)cn1. The van der Waals surface area contributed by atoms with Gasteiger partial charge in [0.1, 0.15) is 5.82 Å². The molecule has 3 N–H and O–H groups in total. The van der Waals surface area contributed by atoms with Crippen LogP contribution in [-0.2, 0) is 0 Å². The highest BCUT2D eigenvalue weighted by Gasteiger charge is 2.12. The third kappa shape index (κ3) is 2.64. The van der Waals surface area contributed by atoms with Crippen molar-refractivity contribution >= 4 is 29.3 Å². The molecule has 0 radical (unpaired) electrons. The zero-order chi connectivity index (χ0) is 12.3. The number of halogens is 1. The van der Waals surface area contributed by atoms with Crippen LogP contribution in [0.4, 0.5) is 11.8 Å². The second kappa shape index (κ2) is 4.71. The number of nitrogens with two attached hydrogens (primary N) is 1. The highest BCUT2D eigenvalue weighted by molar-refractivity contribution is 6.34. The molecule has 0 atom stereocenters. The fraction of sp³-hybridized carbons (Fsp3) is 0. The number of carbonyl (C=O) groups excluding carboxylic acids is 1. The Morgan fingerprint density at radius 3 is 2.88 bits per heavy atom. The lowest BCUT2D eigenvalue weighted by Gasteiger charge is -2.04. The first-order valence-electron chi connectivity index (χ1n) is 4.53. The molecule has 8 heteroatoms. The van der Waals surface area contributed by atoms with Crippen LogP contribution in [0.2, 0.25) is 5.02 Å². The van der Waals surface area contributed by atoms with Gasteiger partial charge in [-0.2, -0.15) is 5.10 Å². The van der Waals surface area contributed by atoms with Crippen molar-refractivity contribution in [1.82, 2.24) is 20.2 Å². The summed E-state index contributed by atoms with van der Waals surface area (Å²) < 4.78 is 0. The zero-order valence-electron chi connectivity index (χ0n) is 8.46. The molecule has 0 aliphatic carbocycles. The molecule has 0 aliphatic rings. The van der Waals surface area contributed by atoms with Crippen LogP contribution < -0.4 is 11.1 Å². The van der Waals surface area contributed by atoms with Crippen LogP contribution in [0.15, 0.2) is 24.7 Å². The largest absolute Gasteiger partial charge is 0.384 e. The third-order valence-corrected chi connectivity index (χ3v) is 2.13. The van der Waals surface area contributed by atoms with Gasteiger partial charge in [-0.15, -0.1) is 5.10 Å². The number of rotatable bonds is 2. The van der Waals surface area contributed by atoms with Gasteiger partial charge in [0, 0.05) is 6.20 Å². The maximum absolute atomic E-state index is 11.8. The van der Waals surface area contributed by atoms with Crippen LogP contribution in [0.3, 0.4) is 0 Å². The maximum Gasteiger partial charge on any atom is 0.259 e. The van der Waals surface area contributed by atoms with Crippen molar-refractivity contribution < 1.29 is 4.79 Å². The van der Waals surface area contributed by atoms with Crippen molar-refractivity contribution in [1.29, 1.82) is 0 Å². The summed E-state index contributed by atoms with van der Waals surface area (Å²) in [6.07, 6.45) is 4.11. The summed E-state index contributed by atoms with van der Waals surface area (Å²) >= 11 is 5.82.